The number of hydrogen-bond donors (Lipinski definition) is 1. The first-order valence-electron chi connectivity index (χ1n) is 10.1. The largest absolute Gasteiger partial charge is 0.366 e. The standard InChI is InChI=1S/C23H19F2N7/c24-10-8-21(15-4-6-18(25)7-5-15)32-14-17(13-27-32)20-3-1-2-19(28-20)16-9-11-31-22(12-16)29-23(26)30-31/h1-7,9,11-14,21H,8,10H2,(H2,26,30)/t21-/m1/s1. The van der Waals surface area contributed by atoms with Gasteiger partial charge in [0.1, 0.15) is 5.82 Å². The molecule has 4 heterocycles. The Hall–Kier alpha value is -4.14. The summed E-state index contributed by atoms with van der Waals surface area (Å²) in [5.41, 5.74) is 10.3. The van der Waals surface area contributed by atoms with Crippen molar-refractivity contribution in [2.45, 2.75) is 12.5 Å². The summed E-state index contributed by atoms with van der Waals surface area (Å²) in [5, 5.41) is 8.52. The SMILES string of the molecule is Nc1nc2cc(-c3cccc(-c4cnn([C@H](CCF)c5ccc(F)cc5)c4)n3)ccn2n1. The topological polar surface area (TPSA) is 86.9 Å². The number of nitrogen functional groups attached to an aromatic ring is 1. The average Bonchev–Trinajstić information content (AvgIpc) is 3.44. The number of hydrogen-bond acceptors (Lipinski definition) is 5. The highest BCUT2D eigenvalue weighted by Crippen LogP contribution is 2.27. The third-order valence-electron chi connectivity index (χ3n) is 5.25. The summed E-state index contributed by atoms with van der Waals surface area (Å²) in [6, 6.07) is 15.2. The molecule has 0 amide bonds. The lowest BCUT2D eigenvalue weighted by molar-refractivity contribution is 0.395. The minimum Gasteiger partial charge on any atom is -0.366 e. The fourth-order valence-corrected chi connectivity index (χ4v) is 3.70. The molecule has 32 heavy (non-hydrogen) atoms. The van der Waals surface area contributed by atoms with Gasteiger partial charge in [0.2, 0.25) is 5.95 Å². The van der Waals surface area contributed by atoms with E-state index in [0.717, 1.165) is 28.1 Å². The van der Waals surface area contributed by atoms with Crippen molar-refractivity contribution in [1.82, 2.24) is 29.4 Å². The Labute approximate surface area is 182 Å². The monoisotopic (exact) mass is 431 g/mol. The molecule has 9 heteroatoms. The van der Waals surface area contributed by atoms with E-state index in [9.17, 15) is 8.78 Å². The molecule has 0 fully saturated rings. The number of nitrogens with two attached hydrogens (primary N) is 1. The smallest absolute Gasteiger partial charge is 0.240 e. The van der Waals surface area contributed by atoms with Gasteiger partial charge >= 0.3 is 0 Å². The number of aromatic nitrogens is 6. The van der Waals surface area contributed by atoms with Crippen LogP contribution in [-0.4, -0.2) is 36.0 Å². The Kier molecular flexibility index (Phi) is 5.06. The van der Waals surface area contributed by atoms with E-state index in [1.54, 1.807) is 33.7 Å². The lowest BCUT2D eigenvalue weighted by Gasteiger charge is -2.16. The van der Waals surface area contributed by atoms with Gasteiger partial charge in [0.25, 0.3) is 0 Å². The summed E-state index contributed by atoms with van der Waals surface area (Å²) in [4.78, 5) is 8.95. The number of alkyl halides is 1. The number of halogens is 2. The summed E-state index contributed by atoms with van der Waals surface area (Å²) in [7, 11) is 0. The summed E-state index contributed by atoms with van der Waals surface area (Å²) >= 11 is 0. The Morgan fingerprint density at radius 1 is 0.969 bits per heavy atom. The van der Waals surface area contributed by atoms with Gasteiger partial charge in [-0.05, 0) is 42.0 Å². The van der Waals surface area contributed by atoms with E-state index in [1.165, 1.54) is 12.1 Å². The Bertz CT molecular complexity index is 1370. The van der Waals surface area contributed by atoms with Crippen LogP contribution < -0.4 is 5.73 Å². The Morgan fingerprint density at radius 3 is 2.53 bits per heavy atom. The summed E-state index contributed by atoms with van der Waals surface area (Å²) in [5.74, 6) is -0.123. The van der Waals surface area contributed by atoms with Crippen LogP contribution in [0.4, 0.5) is 14.7 Å². The van der Waals surface area contributed by atoms with E-state index in [0.29, 0.717) is 5.65 Å². The van der Waals surface area contributed by atoms with Crippen molar-refractivity contribution >= 4 is 11.6 Å². The second-order valence-electron chi connectivity index (χ2n) is 7.35. The molecule has 0 radical (unpaired) electrons. The van der Waals surface area contributed by atoms with Gasteiger partial charge in [-0.15, -0.1) is 5.10 Å². The molecular formula is C23H19F2N7. The first kappa shape index (κ1) is 19.8. The lowest BCUT2D eigenvalue weighted by atomic mass is 10.0. The molecule has 0 aliphatic heterocycles. The van der Waals surface area contributed by atoms with Crippen LogP contribution in [0.25, 0.3) is 28.2 Å². The third kappa shape index (κ3) is 3.80. The van der Waals surface area contributed by atoms with Gasteiger partial charge in [0.05, 0.1) is 30.3 Å². The van der Waals surface area contributed by atoms with Gasteiger partial charge in [-0.1, -0.05) is 18.2 Å². The van der Waals surface area contributed by atoms with E-state index in [1.807, 2.05) is 36.5 Å². The molecule has 1 aromatic carbocycles. The molecule has 0 aliphatic carbocycles. The highest BCUT2D eigenvalue weighted by molar-refractivity contribution is 5.68. The maximum Gasteiger partial charge on any atom is 0.240 e. The minimum absolute atomic E-state index is 0.209. The molecule has 1 atom stereocenters. The van der Waals surface area contributed by atoms with Gasteiger partial charge < -0.3 is 5.73 Å². The molecule has 0 saturated heterocycles. The maximum absolute atomic E-state index is 13.3. The number of pyridine rings is 2. The van der Waals surface area contributed by atoms with Gasteiger partial charge in [-0.3, -0.25) is 9.07 Å². The number of benzene rings is 1. The zero-order valence-electron chi connectivity index (χ0n) is 16.9. The molecule has 5 rings (SSSR count). The van der Waals surface area contributed by atoms with Crippen molar-refractivity contribution in [1.29, 1.82) is 0 Å². The second kappa shape index (κ2) is 8.18. The molecule has 0 unspecified atom stereocenters. The summed E-state index contributed by atoms with van der Waals surface area (Å²) in [6.45, 7) is -0.513. The molecule has 7 nitrogen and oxygen atoms in total. The average molecular weight is 431 g/mol. The third-order valence-corrected chi connectivity index (χ3v) is 5.25. The van der Waals surface area contributed by atoms with Crippen LogP contribution in [0.5, 0.6) is 0 Å². The minimum atomic E-state index is -0.513. The molecule has 4 aromatic heterocycles. The molecule has 0 saturated carbocycles. The molecule has 160 valence electrons. The van der Waals surface area contributed by atoms with Crippen LogP contribution in [0, 0.1) is 5.82 Å². The summed E-state index contributed by atoms with van der Waals surface area (Å²) < 4.78 is 29.8. The van der Waals surface area contributed by atoms with E-state index < -0.39 is 6.67 Å². The summed E-state index contributed by atoms with van der Waals surface area (Å²) in [6.07, 6.45) is 5.55. The lowest BCUT2D eigenvalue weighted by Crippen LogP contribution is -2.12. The number of anilines is 1. The van der Waals surface area contributed by atoms with Crippen LogP contribution in [-0.2, 0) is 0 Å². The predicted molar refractivity (Wildman–Crippen MR) is 117 cm³/mol. The zero-order valence-corrected chi connectivity index (χ0v) is 16.9. The Balaban J connectivity index is 1.47. The quantitative estimate of drug-likeness (QED) is 0.433. The molecule has 5 aromatic rings. The van der Waals surface area contributed by atoms with E-state index in [4.69, 9.17) is 10.7 Å². The number of nitrogens with zero attached hydrogens (tertiary/aromatic N) is 6. The van der Waals surface area contributed by atoms with Gasteiger partial charge in [0.15, 0.2) is 5.65 Å². The fraction of sp³-hybridized carbons (Fsp3) is 0.130. The van der Waals surface area contributed by atoms with Crippen molar-refractivity contribution < 1.29 is 8.78 Å². The van der Waals surface area contributed by atoms with Crippen molar-refractivity contribution in [3.05, 3.63) is 84.6 Å². The molecule has 0 spiro atoms. The molecule has 0 aliphatic rings. The normalized spacial score (nSPS) is 12.3. The van der Waals surface area contributed by atoms with Crippen LogP contribution in [0.1, 0.15) is 18.0 Å². The van der Waals surface area contributed by atoms with Gasteiger partial charge in [-0.25, -0.2) is 13.9 Å². The molecule has 0 bridgehead atoms. The first-order chi connectivity index (χ1) is 15.6. The molecule has 2 N–H and O–H groups in total. The zero-order chi connectivity index (χ0) is 22.1. The second-order valence-corrected chi connectivity index (χ2v) is 7.35. The van der Waals surface area contributed by atoms with Crippen molar-refractivity contribution in [3.63, 3.8) is 0 Å². The highest BCUT2D eigenvalue weighted by Gasteiger charge is 2.16. The van der Waals surface area contributed by atoms with E-state index in [-0.39, 0.29) is 24.2 Å². The van der Waals surface area contributed by atoms with Crippen molar-refractivity contribution in [2.24, 2.45) is 0 Å². The fourth-order valence-electron chi connectivity index (χ4n) is 3.70. The van der Waals surface area contributed by atoms with E-state index in [2.05, 4.69) is 15.2 Å². The first-order valence-corrected chi connectivity index (χ1v) is 10.1. The van der Waals surface area contributed by atoms with Crippen molar-refractivity contribution in [2.75, 3.05) is 12.4 Å². The number of fused-ring (bicyclic) bond motifs is 1. The predicted octanol–water partition coefficient (Wildman–Crippen LogP) is 4.33. The highest BCUT2D eigenvalue weighted by atomic mass is 19.1. The van der Waals surface area contributed by atoms with Crippen LogP contribution >= 0.6 is 0 Å². The van der Waals surface area contributed by atoms with Crippen molar-refractivity contribution in [3.8, 4) is 22.5 Å². The van der Waals surface area contributed by atoms with Gasteiger partial charge in [0, 0.05) is 29.9 Å². The number of rotatable bonds is 6. The molecular weight excluding hydrogens is 412 g/mol. The van der Waals surface area contributed by atoms with Gasteiger partial charge in [-0.2, -0.15) is 10.1 Å². The maximum atomic E-state index is 13.3. The van der Waals surface area contributed by atoms with E-state index >= 15 is 0 Å². The van der Waals surface area contributed by atoms with Crippen LogP contribution in [0.15, 0.2) is 73.2 Å². The van der Waals surface area contributed by atoms with Crippen LogP contribution in [0.2, 0.25) is 0 Å². The Morgan fingerprint density at radius 2 is 1.75 bits per heavy atom. The van der Waals surface area contributed by atoms with Crippen LogP contribution in [0.3, 0.4) is 0 Å².